The first-order chi connectivity index (χ1) is 41.0. The van der Waals surface area contributed by atoms with Crippen molar-refractivity contribution < 1.29 is 42.1 Å². The summed E-state index contributed by atoms with van der Waals surface area (Å²) in [6.07, 6.45) is 84.9. The molecule has 0 amide bonds. The van der Waals surface area contributed by atoms with Crippen molar-refractivity contribution in [3.8, 4) is 0 Å². The zero-order chi connectivity index (χ0) is 61.2. The fraction of sp³-hybridized carbons (Fsp3) is 0.865. The van der Waals surface area contributed by atoms with Crippen LogP contribution in [-0.2, 0) is 32.7 Å². The monoisotopic (exact) mass is 1200 g/mol. The van der Waals surface area contributed by atoms with E-state index in [1.807, 2.05) is 21.1 Å². The van der Waals surface area contributed by atoms with Crippen molar-refractivity contribution >= 4 is 19.8 Å². The van der Waals surface area contributed by atoms with Gasteiger partial charge < -0.3 is 27.9 Å². The van der Waals surface area contributed by atoms with Gasteiger partial charge in [-0.15, -0.1) is 0 Å². The molecule has 494 valence electrons. The molecule has 0 spiro atoms. The largest absolute Gasteiger partial charge is 0.756 e. The van der Waals surface area contributed by atoms with E-state index in [2.05, 4.69) is 62.5 Å². The average molecular weight is 1200 g/mol. The number of hydrogen-bond donors (Lipinski definition) is 0. The summed E-state index contributed by atoms with van der Waals surface area (Å²) in [5, 5.41) is 0. The van der Waals surface area contributed by atoms with Crippen LogP contribution in [-0.4, -0.2) is 70.0 Å². The van der Waals surface area contributed by atoms with Crippen molar-refractivity contribution in [2.75, 3.05) is 47.5 Å². The number of quaternary nitrogens is 1. The molecular formula is C74H140NO8P. The van der Waals surface area contributed by atoms with Gasteiger partial charge in [0.15, 0.2) is 6.10 Å². The van der Waals surface area contributed by atoms with Gasteiger partial charge in [0.2, 0.25) is 0 Å². The highest BCUT2D eigenvalue weighted by molar-refractivity contribution is 7.45. The number of ether oxygens (including phenoxy) is 2. The van der Waals surface area contributed by atoms with Crippen molar-refractivity contribution in [3.05, 3.63) is 48.6 Å². The molecule has 2 unspecified atom stereocenters. The molecule has 0 aliphatic heterocycles. The molecule has 9 nitrogen and oxygen atoms in total. The van der Waals surface area contributed by atoms with Gasteiger partial charge in [-0.2, -0.15) is 0 Å². The maximum absolute atomic E-state index is 12.9. The van der Waals surface area contributed by atoms with Gasteiger partial charge in [0.25, 0.3) is 7.82 Å². The molecule has 0 aliphatic carbocycles. The van der Waals surface area contributed by atoms with Crippen molar-refractivity contribution in [2.24, 2.45) is 0 Å². The molecule has 0 heterocycles. The van der Waals surface area contributed by atoms with Gasteiger partial charge in [0.1, 0.15) is 19.8 Å². The van der Waals surface area contributed by atoms with Crippen LogP contribution >= 0.6 is 7.82 Å². The van der Waals surface area contributed by atoms with E-state index in [1.165, 1.54) is 283 Å². The van der Waals surface area contributed by atoms with Crippen LogP contribution in [0.3, 0.4) is 0 Å². The van der Waals surface area contributed by atoms with E-state index in [-0.39, 0.29) is 32.0 Å². The predicted octanol–water partition coefficient (Wildman–Crippen LogP) is 23.0. The van der Waals surface area contributed by atoms with E-state index >= 15 is 0 Å². The lowest BCUT2D eigenvalue weighted by molar-refractivity contribution is -0.870. The lowest BCUT2D eigenvalue weighted by Crippen LogP contribution is -2.37. The van der Waals surface area contributed by atoms with Gasteiger partial charge in [-0.25, -0.2) is 0 Å². The molecular weight excluding hydrogens is 1060 g/mol. The molecule has 0 aliphatic rings. The Morgan fingerprint density at radius 2 is 0.643 bits per heavy atom. The number of nitrogens with zero attached hydrogens (tertiary/aromatic N) is 1. The maximum Gasteiger partial charge on any atom is 0.306 e. The van der Waals surface area contributed by atoms with Crippen molar-refractivity contribution in [2.45, 2.75) is 367 Å². The average Bonchev–Trinajstić information content (AvgIpc) is 3.61. The predicted molar refractivity (Wildman–Crippen MR) is 360 cm³/mol. The second-order valence-electron chi connectivity index (χ2n) is 26.0. The Bertz CT molecular complexity index is 1560. The Kier molecular flexibility index (Phi) is 63.8. The molecule has 2 atom stereocenters. The number of unbranched alkanes of at least 4 members (excludes halogenated alkanes) is 46. The minimum absolute atomic E-state index is 0.0289. The lowest BCUT2D eigenvalue weighted by Gasteiger charge is -2.28. The SMILES string of the molecule is CCCCCCC/C=C\C/C=C\C/C=C\CCCCCCCCCCCCCCCCCCCCC(=O)OC(COC(=O)CCCCCCCCCCCCCCCCC/C=C\CCCCCCCCCC)COP(=O)([O-])OCC[N+](C)(C)C. The molecule has 84 heavy (non-hydrogen) atoms. The third-order valence-electron chi connectivity index (χ3n) is 16.3. The second-order valence-corrected chi connectivity index (χ2v) is 27.4. The lowest BCUT2D eigenvalue weighted by atomic mass is 10.0. The summed E-state index contributed by atoms with van der Waals surface area (Å²) >= 11 is 0. The van der Waals surface area contributed by atoms with Gasteiger partial charge >= 0.3 is 11.9 Å². The molecule has 0 saturated heterocycles. The number of carbonyl (C=O) groups is 2. The molecule has 0 saturated carbocycles. The molecule has 0 aromatic heterocycles. The van der Waals surface area contributed by atoms with Crippen LogP contribution in [0.2, 0.25) is 0 Å². The number of likely N-dealkylation sites (N-methyl/N-ethyl adjacent to an activating group) is 1. The number of esters is 2. The van der Waals surface area contributed by atoms with Gasteiger partial charge in [0.05, 0.1) is 27.7 Å². The van der Waals surface area contributed by atoms with Crippen LogP contribution in [0.5, 0.6) is 0 Å². The Morgan fingerprint density at radius 3 is 0.964 bits per heavy atom. The van der Waals surface area contributed by atoms with Crippen LogP contribution in [0.4, 0.5) is 0 Å². The van der Waals surface area contributed by atoms with Gasteiger partial charge in [0, 0.05) is 12.8 Å². The molecule has 0 radical (unpaired) electrons. The highest BCUT2D eigenvalue weighted by atomic mass is 31.2. The van der Waals surface area contributed by atoms with E-state index in [0.717, 1.165) is 44.9 Å². The van der Waals surface area contributed by atoms with Crippen molar-refractivity contribution in [3.63, 3.8) is 0 Å². The molecule has 0 aromatic rings. The zero-order valence-electron chi connectivity index (χ0n) is 56.4. The fourth-order valence-corrected chi connectivity index (χ4v) is 11.5. The summed E-state index contributed by atoms with van der Waals surface area (Å²) in [6, 6.07) is 0. The van der Waals surface area contributed by atoms with E-state index in [4.69, 9.17) is 18.5 Å². The Hall–Kier alpha value is -2.03. The minimum Gasteiger partial charge on any atom is -0.756 e. The number of allylic oxidation sites excluding steroid dienone is 8. The minimum atomic E-state index is -4.64. The number of carbonyl (C=O) groups excluding carboxylic acids is 2. The third-order valence-corrected chi connectivity index (χ3v) is 17.3. The van der Waals surface area contributed by atoms with E-state index in [1.54, 1.807) is 0 Å². The van der Waals surface area contributed by atoms with E-state index in [9.17, 15) is 19.0 Å². The summed E-state index contributed by atoms with van der Waals surface area (Å²) in [4.78, 5) is 38.1. The van der Waals surface area contributed by atoms with E-state index < -0.39 is 26.5 Å². The standard InChI is InChI=1S/C74H140NO8P/c1-6-8-10-12-14-16-18-20-22-24-26-28-30-32-34-35-36-37-38-39-41-43-45-47-49-51-53-55-57-59-61-63-65-67-74(77)83-72(71-82-84(78,79)81-69-68-75(3,4)5)70-80-73(76)66-64-62-60-58-56-54-52-50-48-46-44-42-40-33-31-29-27-25-23-21-19-17-15-13-11-9-7-2/h18,20,24-27,30,32,72H,6-17,19,21-23,28-29,31,33-71H2,1-5H3/b20-18-,26-24-,27-25-,32-30-. The maximum atomic E-state index is 12.9. The Labute approximate surface area is 522 Å². The fourth-order valence-electron chi connectivity index (χ4n) is 10.7. The summed E-state index contributed by atoms with van der Waals surface area (Å²) in [7, 11) is 1.18. The second kappa shape index (κ2) is 65.4. The molecule has 0 rings (SSSR count). The first-order valence-electron chi connectivity index (χ1n) is 36.3. The van der Waals surface area contributed by atoms with Crippen molar-refractivity contribution in [1.29, 1.82) is 0 Å². The molecule has 0 bridgehead atoms. The van der Waals surface area contributed by atoms with Crippen LogP contribution in [0.25, 0.3) is 0 Å². The topological polar surface area (TPSA) is 111 Å². The van der Waals surface area contributed by atoms with Crippen LogP contribution in [0.1, 0.15) is 361 Å². The molecule has 10 heteroatoms. The number of rotatable bonds is 68. The normalized spacial score (nSPS) is 13.4. The van der Waals surface area contributed by atoms with E-state index in [0.29, 0.717) is 17.4 Å². The van der Waals surface area contributed by atoms with Crippen LogP contribution < -0.4 is 4.89 Å². The highest BCUT2D eigenvalue weighted by Gasteiger charge is 2.22. The number of phosphoric ester groups is 1. The molecule has 0 N–H and O–H groups in total. The molecule has 0 aromatic carbocycles. The van der Waals surface area contributed by atoms with Crippen molar-refractivity contribution in [1.82, 2.24) is 0 Å². The Balaban J connectivity index is 3.99. The molecule has 0 fully saturated rings. The smallest absolute Gasteiger partial charge is 0.306 e. The Morgan fingerprint density at radius 1 is 0.369 bits per heavy atom. The first-order valence-corrected chi connectivity index (χ1v) is 37.8. The zero-order valence-corrected chi connectivity index (χ0v) is 57.3. The van der Waals surface area contributed by atoms with Gasteiger partial charge in [-0.05, 0) is 77.0 Å². The summed E-state index contributed by atoms with van der Waals surface area (Å²) < 4.78 is 34.4. The number of hydrogen-bond acceptors (Lipinski definition) is 8. The van der Waals surface area contributed by atoms with Crippen LogP contribution in [0, 0.1) is 0 Å². The van der Waals surface area contributed by atoms with Gasteiger partial charge in [-0.1, -0.05) is 319 Å². The quantitative estimate of drug-likeness (QED) is 0.0195. The van der Waals surface area contributed by atoms with Gasteiger partial charge in [-0.3, -0.25) is 14.2 Å². The summed E-state index contributed by atoms with van der Waals surface area (Å²) in [6.45, 7) is 4.29. The van der Waals surface area contributed by atoms with Crippen LogP contribution in [0.15, 0.2) is 48.6 Å². The summed E-state index contributed by atoms with van der Waals surface area (Å²) in [5.41, 5.74) is 0. The number of phosphoric acid groups is 1. The third kappa shape index (κ3) is 69.1. The highest BCUT2D eigenvalue weighted by Crippen LogP contribution is 2.38. The summed E-state index contributed by atoms with van der Waals surface area (Å²) in [5.74, 6) is -0.814. The first kappa shape index (κ1) is 82.0.